The van der Waals surface area contributed by atoms with Crippen molar-refractivity contribution in [1.29, 1.82) is 0 Å². The maximum atomic E-state index is 10.3. The van der Waals surface area contributed by atoms with E-state index in [1.165, 1.54) is 5.56 Å². The van der Waals surface area contributed by atoms with Crippen molar-refractivity contribution in [2.75, 3.05) is 6.61 Å². The van der Waals surface area contributed by atoms with E-state index >= 15 is 0 Å². The standard InChI is InChI=1S/C14H14O3/c1-10(3-2-4-14(15)16)11-5-6-13-12(9-11)7-8-17-13/h2-6,9H,7-8H2,1H3,(H,15,16)/b4-2+,10-3+. The van der Waals surface area contributed by atoms with E-state index in [9.17, 15) is 4.79 Å². The van der Waals surface area contributed by atoms with Gasteiger partial charge in [-0.2, -0.15) is 0 Å². The zero-order chi connectivity index (χ0) is 12.3. The molecule has 0 radical (unpaired) electrons. The molecule has 1 aromatic rings. The number of carbonyl (C=O) groups is 1. The molecule has 1 aromatic carbocycles. The summed E-state index contributed by atoms with van der Waals surface area (Å²) < 4.78 is 5.43. The number of fused-ring (bicyclic) bond motifs is 1. The molecule has 0 amide bonds. The van der Waals surface area contributed by atoms with E-state index in [0.717, 1.165) is 36.0 Å². The van der Waals surface area contributed by atoms with Gasteiger partial charge in [0.15, 0.2) is 0 Å². The molecule has 0 saturated heterocycles. The summed E-state index contributed by atoms with van der Waals surface area (Å²) in [6.45, 7) is 2.71. The van der Waals surface area contributed by atoms with Crippen molar-refractivity contribution in [1.82, 2.24) is 0 Å². The van der Waals surface area contributed by atoms with Crippen LogP contribution in [0.3, 0.4) is 0 Å². The number of hydrogen-bond acceptors (Lipinski definition) is 2. The average molecular weight is 230 g/mol. The first-order valence-electron chi connectivity index (χ1n) is 5.51. The quantitative estimate of drug-likeness (QED) is 0.641. The molecular formula is C14H14O3. The molecule has 1 aliphatic heterocycles. The Morgan fingerprint density at radius 2 is 2.29 bits per heavy atom. The minimum absolute atomic E-state index is 0.750. The highest BCUT2D eigenvalue weighted by Gasteiger charge is 2.11. The molecular weight excluding hydrogens is 216 g/mol. The van der Waals surface area contributed by atoms with Crippen LogP contribution >= 0.6 is 0 Å². The molecule has 1 heterocycles. The molecule has 0 bridgehead atoms. The van der Waals surface area contributed by atoms with E-state index in [2.05, 4.69) is 6.07 Å². The highest BCUT2D eigenvalue weighted by molar-refractivity contribution is 5.80. The van der Waals surface area contributed by atoms with Gasteiger partial charge < -0.3 is 9.84 Å². The Hall–Kier alpha value is -2.03. The van der Waals surface area contributed by atoms with Crippen LogP contribution in [0.4, 0.5) is 0 Å². The molecule has 2 rings (SSSR count). The lowest BCUT2D eigenvalue weighted by molar-refractivity contribution is -0.131. The van der Waals surface area contributed by atoms with Gasteiger partial charge in [0.05, 0.1) is 6.61 Å². The Bertz CT molecular complexity index is 498. The average Bonchev–Trinajstić information content (AvgIpc) is 2.75. The Morgan fingerprint density at radius 1 is 1.47 bits per heavy atom. The smallest absolute Gasteiger partial charge is 0.328 e. The maximum absolute atomic E-state index is 10.3. The van der Waals surface area contributed by atoms with Crippen molar-refractivity contribution in [3.8, 4) is 5.75 Å². The molecule has 17 heavy (non-hydrogen) atoms. The van der Waals surface area contributed by atoms with E-state index in [4.69, 9.17) is 9.84 Å². The van der Waals surface area contributed by atoms with E-state index in [0.29, 0.717) is 0 Å². The maximum Gasteiger partial charge on any atom is 0.328 e. The fraction of sp³-hybridized carbons (Fsp3) is 0.214. The number of hydrogen-bond donors (Lipinski definition) is 1. The van der Waals surface area contributed by atoms with Gasteiger partial charge in [0.1, 0.15) is 5.75 Å². The summed E-state index contributed by atoms with van der Waals surface area (Å²) >= 11 is 0. The fourth-order valence-electron chi connectivity index (χ4n) is 1.80. The van der Waals surface area contributed by atoms with Gasteiger partial charge in [-0.05, 0) is 35.8 Å². The van der Waals surface area contributed by atoms with Crippen molar-refractivity contribution in [3.63, 3.8) is 0 Å². The lowest BCUT2D eigenvalue weighted by Gasteiger charge is -2.03. The molecule has 0 spiro atoms. The van der Waals surface area contributed by atoms with Crippen LogP contribution in [-0.2, 0) is 11.2 Å². The van der Waals surface area contributed by atoms with Crippen LogP contribution in [0.15, 0.2) is 36.4 Å². The number of ether oxygens (including phenoxy) is 1. The van der Waals surface area contributed by atoms with Crippen molar-refractivity contribution in [2.45, 2.75) is 13.3 Å². The van der Waals surface area contributed by atoms with Crippen molar-refractivity contribution in [2.24, 2.45) is 0 Å². The molecule has 0 fully saturated rings. The highest BCUT2D eigenvalue weighted by Crippen LogP contribution is 2.28. The number of carboxylic acid groups (broad SMARTS) is 1. The normalized spacial score (nSPS) is 14.8. The largest absolute Gasteiger partial charge is 0.493 e. The van der Waals surface area contributed by atoms with Gasteiger partial charge in [0.2, 0.25) is 0 Å². The third-order valence-electron chi connectivity index (χ3n) is 2.73. The van der Waals surface area contributed by atoms with Gasteiger partial charge in [0.25, 0.3) is 0 Å². The summed E-state index contributed by atoms with van der Waals surface area (Å²) in [5.74, 6) is 0.0269. The number of benzene rings is 1. The first kappa shape index (κ1) is 11.5. The predicted molar refractivity (Wildman–Crippen MR) is 66.1 cm³/mol. The summed E-state index contributed by atoms with van der Waals surface area (Å²) in [6.07, 6.45) is 5.41. The van der Waals surface area contributed by atoms with Gasteiger partial charge in [-0.25, -0.2) is 4.79 Å². The first-order chi connectivity index (χ1) is 8.16. The van der Waals surface area contributed by atoms with E-state index in [-0.39, 0.29) is 0 Å². The van der Waals surface area contributed by atoms with Gasteiger partial charge >= 0.3 is 5.97 Å². The molecule has 0 atom stereocenters. The van der Waals surface area contributed by atoms with Crippen molar-refractivity contribution < 1.29 is 14.6 Å². The summed E-state index contributed by atoms with van der Waals surface area (Å²) in [7, 11) is 0. The van der Waals surface area contributed by atoms with Crippen molar-refractivity contribution in [3.05, 3.63) is 47.6 Å². The molecule has 1 aliphatic rings. The number of aliphatic carboxylic acids is 1. The second kappa shape index (κ2) is 4.87. The Morgan fingerprint density at radius 3 is 3.06 bits per heavy atom. The van der Waals surface area contributed by atoms with Gasteiger partial charge in [-0.15, -0.1) is 0 Å². The Labute approximate surface area is 100 Å². The molecule has 3 nitrogen and oxygen atoms in total. The van der Waals surface area contributed by atoms with Gasteiger partial charge in [-0.1, -0.05) is 18.2 Å². The van der Waals surface area contributed by atoms with E-state index in [1.807, 2.05) is 19.1 Å². The van der Waals surface area contributed by atoms with Crippen LogP contribution in [0, 0.1) is 0 Å². The first-order valence-corrected chi connectivity index (χ1v) is 5.51. The zero-order valence-corrected chi connectivity index (χ0v) is 9.64. The van der Waals surface area contributed by atoms with Crippen LogP contribution in [0.2, 0.25) is 0 Å². The van der Waals surface area contributed by atoms with Crippen LogP contribution in [0.5, 0.6) is 5.75 Å². The minimum atomic E-state index is -0.934. The van der Waals surface area contributed by atoms with Crippen LogP contribution in [-0.4, -0.2) is 17.7 Å². The summed E-state index contributed by atoms with van der Waals surface area (Å²) in [5, 5.41) is 8.49. The lowest BCUT2D eigenvalue weighted by Crippen LogP contribution is -1.85. The Balaban J connectivity index is 2.19. The topological polar surface area (TPSA) is 46.5 Å². The van der Waals surface area contributed by atoms with E-state index < -0.39 is 5.97 Å². The third-order valence-corrected chi connectivity index (χ3v) is 2.73. The minimum Gasteiger partial charge on any atom is -0.493 e. The van der Waals surface area contributed by atoms with Crippen LogP contribution in [0.1, 0.15) is 18.1 Å². The van der Waals surface area contributed by atoms with E-state index in [1.54, 1.807) is 12.2 Å². The SMILES string of the molecule is C/C(=C\C=C\C(=O)O)c1ccc2c(c1)CCO2. The molecule has 88 valence electrons. The summed E-state index contributed by atoms with van der Waals surface area (Å²) in [4.78, 5) is 10.3. The molecule has 3 heteroatoms. The summed E-state index contributed by atoms with van der Waals surface area (Å²) in [5.41, 5.74) is 3.36. The van der Waals surface area contributed by atoms with Crippen LogP contribution in [0.25, 0.3) is 5.57 Å². The predicted octanol–water partition coefficient (Wildman–Crippen LogP) is 2.67. The van der Waals surface area contributed by atoms with Gasteiger partial charge in [-0.3, -0.25) is 0 Å². The number of allylic oxidation sites excluding steroid dienone is 3. The second-order valence-electron chi connectivity index (χ2n) is 3.97. The zero-order valence-electron chi connectivity index (χ0n) is 9.64. The monoisotopic (exact) mass is 230 g/mol. The molecule has 0 aromatic heterocycles. The second-order valence-corrected chi connectivity index (χ2v) is 3.97. The molecule has 0 unspecified atom stereocenters. The molecule has 0 aliphatic carbocycles. The molecule has 0 saturated carbocycles. The number of carboxylic acids is 1. The van der Waals surface area contributed by atoms with Crippen LogP contribution < -0.4 is 4.74 Å². The highest BCUT2D eigenvalue weighted by atomic mass is 16.5. The lowest BCUT2D eigenvalue weighted by atomic mass is 10.0. The molecule has 1 N–H and O–H groups in total. The fourth-order valence-corrected chi connectivity index (χ4v) is 1.80. The Kier molecular flexibility index (Phi) is 3.28. The number of rotatable bonds is 3. The summed E-state index contributed by atoms with van der Waals surface area (Å²) in [6, 6.07) is 6.06. The van der Waals surface area contributed by atoms with Gasteiger partial charge in [0, 0.05) is 12.5 Å². The third kappa shape index (κ3) is 2.75. The van der Waals surface area contributed by atoms with Crippen molar-refractivity contribution >= 4 is 11.5 Å².